The molecule has 0 fully saturated rings. The Kier molecular flexibility index (Phi) is 2.48. The third-order valence-electron chi connectivity index (χ3n) is 1.20. The summed E-state index contributed by atoms with van der Waals surface area (Å²) in [5, 5.41) is 6.23. The molecular weight excluding hydrogens is 144 g/mol. The highest BCUT2D eigenvalue weighted by Gasteiger charge is 2.00. The van der Waals surface area contributed by atoms with E-state index in [4.69, 9.17) is 5.73 Å². The summed E-state index contributed by atoms with van der Waals surface area (Å²) in [6.45, 7) is 0.508. The lowest BCUT2D eigenvalue weighted by Crippen LogP contribution is -2.30. The number of urea groups is 1. The van der Waals surface area contributed by atoms with Gasteiger partial charge in [-0.1, -0.05) is 0 Å². The summed E-state index contributed by atoms with van der Waals surface area (Å²) in [6, 6.07) is -0.510. The van der Waals surface area contributed by atoms with E-state index in [0.29, 0.717) is 13.0 Å². The molecule has 0 bridgehead atoms. The van der Waals surface area contributed by atoms with Crippen LogP contribution in [0.5, 0.6) is 0 Å². The average molecular weight is 153 g/mol. The fourth-order valence-electron chi connectivity index (χ4n) is 0.707. The van der Waals surface area contributed by atoms with Crippen molar-refractivity contribution in [3.8, 4) is 0 Å². The Balaban J connectivity index is 2.12. The molecule has 0 saturated carbocycles. The predicted molar refractivity (Wildman–Crippen MR) is 40.9 cm³/mol. The zero-order valence-corrected chi connectivity index (χ0v) is 5.95. The molecule has 3 N–H and O–H groups in total. The van der Waals surface area contributed by atoms with Crippen molar-refractivity contribution >= 4 is 11.7 Å². The van der Waals surface area contributed by atoms with E-state index in [1.807, 2.05) is 0 Å². The van der Waals surface area contributed by atoms with Gasteiger partial charge in [0.1, 0.15) is 0 Å². The van der Waals surface area contributed by atoms with E-state index in [1.54, 1.807) is 12.3 Å². The van der Waals surface area contributed by atoms with Gasteiger partial charge in [0, 0.05) is 13.0 Å². The molecule has 0 unspecified atom stereocenters. The minimum absolute atomic E-state index is 0.508. The molecule has 0 aromatic carbocycles. The van der Waals surface area contributed by atoms with E-state index in [-0.39, 0.29) is 0 Å². The molecule has 5 nitrogen and oxygen atoms in total. The molecule has 0 spiro atoms. The van der Waals surface area contributed by atoms with Gasteiger partial charge in [-0.3, -0.25) is 0 Å². The highest BCUT2D eigenvalue weighted by Crippen LogP contribution is 1.93. The lowest BCUT2D eigenvalue weighted by molar-refractivity contribution is 0.249. The molecule has 11 heavy (non-hydrogen) atoms. The number of hydrogen-bond acceptors (Lipinski definition) is 2. The normalized spacial score (nSPS) is 14.0. The zero-order valence-electron chi connectivity index (χ0n) is 5.95. The van der Waals surface area contributed by atoms with Gasteiger partial charge in [0.25, 0.3) is 0 Å². The monoisotopic (exact) mass is 153 g/mol. The Bertz CT molecular complexity index is 209. The van der Waals surface area contributed by atoms with Crippen LogP contribution in [0.1, 0.15) is 6.42 Å². The van der Waals surface area contributed by atoms with Crippen LogP contribution < -0.4 is 16.5 Å². The van der Waals surface area contributed by atoms with E-state index in [2.05, 4.69) is 15.8 Å². The molecule has 0 saturated heterocycles. The fourth-order valence-corrected chi connectivity index (χ4v) is 0.707. The number of allylic oxidation sites excluding steroid dienone is 1. The second-order valence-electron chi connectivity index (χ2n) is 2.06. The Labute approximate surface area is 64.3 Å². The minimum atomic E-state index is -0.510. The molecule has 1 rings (SSSR count). The number of amides is 2. The second-order valence-corrected chi connectivity index (χ2v) is 2.06. The largest absolute Gasteiger partial charge is 0.352 e. The molecule has 5 heteroatoms. The molecular formula is C6H9N4O. The van der Waals surface area contributed by atoms with Crippen molar-refractivity contribution in [2.45, 2.75) is 6.42 Å². The summed E-state index contributed by atoms with van der Waals surface area (Å²) in [4.78, 5) is 10.2. The lowest BCUT2D eigenvalue weighted by Gasteiger charge is -1.97. The second kappa shape index (κ2) is 3.60. The summed E-state index contributed by atoms with van der Waals surface area (Å²) >= 11 is 0. The van der Waals surface area contributed by atoms with E-state index in [0.717, 1.165) is 5.71 Å². The number of primary amides is 1. The number of nitrogens with two attached hydrogens (primary N) is 1. The standard InChI is InChI=1S/C6H9N4O/c7-6(11)8-3-1-5-2-4-9-10-5/h2,4H,1,3H2,(H3,7,8,11). The molecule has 1 aliphatic rings. The first kappa shape index (κ1) is 7.59. The lowest BCUT2D eigenvalue weighted by atomic mass is 10.3. The van der Waals surface area contributed by atoms with Crippen LogP contribution in [0.25, 0.3) is 0 Å². The van der Waals surface area contributed by atoms with Crippen molar-refractivity contribution in [1.29, 1.82) is 0 Å². The number of carbonyl (C=O) groups is 1. The van der Waals surface area contributed by atoms with Crippen LogP contribution in [0.4, 0.5) is 4.79 Å². The SMILES string of the molecule is NC(=O)NCCC1=N[N]C=C1. The smallest absolute Gasteiger partial charge is 0.312 e. The van der Waals surface area contributed by atoms with E-state index < -0.39 is 6.03 Å². The maximum absolute atomic E-state index is 10.2. The van der Waals surface area contributed by atoms with E-state index in [9.17, 15) is 4.79 Å². The van der Waals surface area contributed by atoms with Gasteiger partial charge in [0.15, 0.2) is 0 Å². The molecule has 1 aliphatic heterocycles. The first-order chi connectivity index (χ1) is 5.29. The van der Waals surface area contributed by atoms with Gasteiger partial charge in [0.05, 0.1) is 11.9 Å². The van der Waals surface area contributed by atoms with Gasteiger partial charge in [-0.2, -0.15) is 10.5 Å². The van der Waals surface area contributed by atoms with Crippen LogP contribution in [-0.2, 0) is 0 Å². The summed E-state index contributed by atoms with van der Waals surface area (Å²) in [6.07, 6.45) is 4.07. The van der Waals surface area contributed by atoms with Crippen LogP contribution in [0, 0.1) is 0 Å². The maximum Gasteiger partial charge on any atom is 0.312 e. The molecule has 0 aromatic heterocycles. The highest BCUT2D eigenvalue weighted by atomic mass is 16.2. The third-order valence-corrected chi connectivity index (χ3v) is 1.20. The minimum Gasteiger partial charge on any atom is -0.352 e. The predicted octanol–water partition coefficient (Wildman–Crippen LogP) is -0.467. The number of carbonyl (C=O) groups excluding carboxylic acids is 1. The zero-order chi connectivity index (χ0) is 8.10. The van der Waals surface area contributed by atoms with E-state index in [1.165, 1.54) is 0 Å². The first-order valence-electron chi connectivity index (χ1n) is 3.25. The molecule has 1 heterocycles. The molecule has 59 valence electrons. The van der Waals surface area contributed by atoms with Gasteiger partial charge >= 0.3 is 6.03 Å². The first-order valence-corrected chi connectivity index (χ1v) is 3.25. The van der Waals surface area contributed by atoms with Crippen molar-refractivity contribution in [2.75, 3.05) is 6.54 Å². The Morgan fingerprint density at radius 1 is 1.73 bits per heavy atom. The van der Waals surface area contributed by atoms with Gasteiger partial charge in [-0.25, -0.2) is 4.79 Å². The third kappa shape index (κ3) is 2.70. The summed E-state index contributed by atoms with van der Waals surface area (Å²) in [7, 11) is 0. The summed E-state index contributed by atoms with van der Waals surface area (Å²) in [5.74, 6) is 0. The topological polar surface area (TPSA) is 81.6 Å². The maximum atomic E-state index is 10.2. The molecule has 2 amide bonds. The van der Waals surface area contributed by atoms with Gasteiger partial charge in [-0.05, 0) is 6.08 Å². The Hall–Kier alpha value is -1.52. The molecule has 0 aromatic rings. The summed E-state index contributed by atoms with van der Waals surface area (Å²) in [5.41, 5.74) is 9.33. The quantitative estimate of drug-likeness (QED) is 0.564. The van der Waals surface area contributed by atoms with Crippen molar-refractivity contribution < 1.29 is 4.79 Å². The highest BCUT2D eigenvalue weighted by molar-refractivity contribution is 5.96. The fraction of sp³-hybridized carbons (Fsp3) is 0.333. The Morgan fingerprint density at radius 2 is 2.55 bits per heavy atom. The molecule has 0 atom stereocenters. The van der Waals surface area contributed by atoms with Gasteiger partial charge in [-0.15, -0.1) is 0 Å². The average Bonchev–Trinajstić information content (AvgIpc) is 2.39. The van der Waals surface area contributed by atoms with Crippen LogP contribution in [0.2, 0.25) is 0 Å². The van der Waals surface area contributed by atoms with Crippen LogP contribution in [0.15, 0.2) is 17.4 Å². The van der Waals surface area contributed by atoms with Crippen LogP contribution in [-0.4, -0.2) is 18.3 Å². The number of hydrogen-bond donors (Lipinski definition) is 2. The number of nitrogens with one attached hydrogen (secondary N) is 1. The Morgan fingerprint density at radius 3 is 3.09 bits per heavy atom. The summed E-state index contributed by atoms with van der Waals surface area (Å²) < 4.78 is 0. The van der Waals surface area contributed by atoms with Gasteiger partial charge in [0.2, 0.25) is 0 Å². The van der Waals surface area contributed by atoms with Crippen molar-refractivity contribution in [2.24, 2.45) is 10.8 Å². The number of nitrogens with zero attached hydrogens (tertiary/aromatic N) is 2. The van der Waals surface area contributed by atoms with E-state index >= 15 is 0 Å². The van der Waals surface area contributed by atoms with Crippen molar-refractivity contribution in [3.63, 3.8) is 0 Å². The van der Waals surface area contributed by atoms with Crippen LogP contribution >= 0.6 is 0 Å². The van der Waals surface area contributed by atoms with Crippen LogP contribution in [0.3, 0.4) is 0 Å². The van der Waals surface area contributed by atoms with Crippen molar-refractivity contribution in [1.82, 2.24) is 10.7 Å². The number of rotatable bonds is 3. The van der Waals surface area contributed by atoms with Crippen molar-refractivity contribution in [3.05, 3.63) is 12.3 Å². The molecule has 0 aliphatic carbocycles. The molecule has 1 radical (unpaired) electrons. The van der Waals surface area contributed by atoms with Gasteiger partial charge < -0.3 is 11.1 Å².